The highest BCUT2D eigenvalue weighted by Crippen LogP contribution is 2.32. The van der Waals surface area contributed by atoms with Crippen LogP contribution in [0.4, 0.5) is 0 Å². The zero-order valence-electron chi connectivity index (χ0n) is 23.2. The van der Waals surface area contributed by atoms with Crippen molar-refractivity contribution in [1.82, 2.24) is 19.6 Å². The van der Waals surface area contributed by atoms with Crippen LogP contribution >= 0.6 is 0 Å². The highest BCUT2D eigenvalue weighted by Gasteiger charge is 2.19. The van der Waals surface area contributed by atoms with E-state index in [0.29, 0.717) is 0 Å². The molecule has 0 aliphatic carbocycles. The summed E-state index contributed by atoms with van der Waals surface area (Å²) in [6, 6.07) is 36.8. The summed E-state index contributed by atoms with van der Waals surface area (Å²) in [6.45, 7) is 0. The summed E-state index contributed by atoms with van der Waals surface area (Å²) in [4.78, 5) is 12.7. The number of rotatable bonds is 5. The van der Waals surface area contributed by atoms with Gasteiger partial charge >= 0.3 is 11.9 Å². The van der Waals surface area contributed by atoms with Crippen LogP contribution in [0.3, 0.4) is 0 Å². The van der Waals surface area contributed by atoms with E-state index in [1.165, 1.54) is 32.7 Å². The van der Waals surface area contributed by atoms with E-state index in [4.69, 9.17) is 0 Å². The molecule has 0 amide bonds. The molecular weight excluding hydrogens is 524 g/mol. The molecule has 4 aromatic carbocycles. The van der Waals surface area contributed by atoms with E-state index in [0.717, 1.165) is 44.7 Å². The van der Waals surface area contributed by atoms with Crippen LogP contribution in [0.25, 0.3) is 60.5 Å². The molecule has 0 saturated heterocycles. The number of hydrogen-bond donors (Lipinski definition) is 0. The largest absolute Gasteiger partial charge is 0.335 e. The Hall–Kier alpha value is -5.96. The molecule has 8 rings (SSSR count). The SMILES string of the molecule is C1=[N+]=C(c2ccncc2)C=C1c1ccc2cc(-c3ccc4cc(-c5cncc(-c6ccncc6)c5)ccc4c3)ccc2c1. The standard InChI is InChI=1S/C39H25N4/c1-3-32-19-34(37-21-36(23-42-24-37)26-9-13-40-14-10-26)7-5-30(32)17-28(1)29-2-4-33-20-35(8-6-31(33)18-29)38-22-39(43-25-38)27-11-15-41-16-12-27/h1-25H/q+1. The maximum absolute atomic E-state index is 4.63. The first kappa shape index (κ1) is 24.8. The number of hydrogen-bond acceptors (Lipinski definition) is 3. The molecule has 4 heteroatoms. The van der Waals surface area contributed by atoms with Crippen molar-refractivity contribution in [2.24, 2.45) is 0 Å². The first-order valence-corrected chi connectivity index (χ1v) is 14.2. The number of aromatic nitrogens is 3. The second-order valence-electron chi connectivity index (χ2n) is 10.7. The molecule has 0 fully saturated rings. The molecule has 0 N–H and O–H groups in total. The van der Waals surface area contributed by atoms with Gasteiger partial charge in [0.05, 0.1) is 11.1 Å². The van der Waals surface area contributed by atoms with E-state index in [1.54, 1.807) is 12.4 Å². The van der Waals surface area contributed by atoms with E-state index in [9.17, 15) is 0 Å². The lowest BCUT2D eigenvalue weighted by Crippen LogP contribution is -1.97. The smallest absolute Gasteiger partial charge is 0.265 e. The van der Waals surface area contributed by atoms with Crippen molar-refractivity contribution in [3.63, 3.8) is 0 Å². The van der Waals surface area contributed by atoms with Crippen molar-refractivity contribution in [2.75, 3.05) is 0 Å². The zero-order chi connectivity index (χ0) is 28.6. The lowest BCUT2D eigenvalue weighted by Gasteiger charge is -2.09. The van der Waals surface area contributed by atoms with Crippen molar-refractivity contribution in [2.45, 2.75) is 0 Å². The molecule has 1 aliphatic heterocycles. The predicted octanol–water partition coefficient (Wildman–Crippen LogP) is 8.20. The minimum Gasteiger partial charge on any atom is -0.265 e. The van der Waals surface area contributed by atoms with Gasteiger partial charge < -0.3 is 0 Å². The normalized spacial score (nSPS) is 12.5. The predicted molar refractivity (Wildman–Crippen MR) is 178 cm³/mol. The van der Waals surface area contributed by atoms with Gasteiger partial charge in [-0.15, -0.1) is 0 Å². The highest BCUT2D eigenvalue weighted by atomic mass is 14.6. The molecule has 0 unspecified atom stereocenters. The van der Waals surface area contributed by atoms with E-state index in [1.807, 2.05) is 55.3 Å². The number of pyridine rings is 3. The van der Waals surface area contributed by atoms with Crippen molar-refractivity contribution in [1.29, 1.82) is 0 Å². The Balaban J connectivity index is 1.06. The van der Waals surface area contributed by atoms with Crippen LogP contribution in [0.5, 0.6) is 0 Å². The van der Waals surface area contributed by atoms with Gasteiger partial charge in [0.2, 0.25) is 0 Å². The third-order valence-electron chi connectivity index (χ3n) is 8.04. The zero-order valence-corrected chi connectivity index (χ0v) is 23.2. The van der Waals surface area contributed by atoms with Gasteiger partial charge in [-0.3, -0.25) is 15.0 Å². The lowest BCUT2D eigenvalue weighted by atomic mass is 9.95. The van der Waals surface area contributed by atoms with E-state index in [-0.39, 0.29) is 0 Å². The van der Waals surface area contributed by atoms with E-state index in [2.05, 4.69) is 105 Å². The van der Waals surface area contributed by atoms with Gasteiger partial charge in [0, 0.05) is 54.4 Å². The maximum Gasteiger partial charge on any atom is 0.335 e. The molecule has 0 atom stereocenters. The molecule has 0 radical (unpaired) electrons. The fourth-order valence-corrected chi connectivity index (χ4v) is 5.71. The monoisotopic (exact) mass is 549 g/mol. The Morgan fingerprint density at radius 1 is 0.372 bits per heavy atom. The molecule has 0 bridgehead atoms. The molecule has 4 nitrogen and oxygen atoms in total. The first-order chi connectivity index (χ1) is 21.3. The molecule has 3 aromatic heterocycles. The fourth-order valence-electron chi connectivity index (χ4n) is 5.71. The van der Waals surface area contributed by atoms with Gasteiger partial charge in [-0.05, 0) is 104 Å². The quantitative estimate of drug-likeness (QED) is 0.203. The van der Waals surface area contributed by atoms with Gasteiger partial charge in [-0.1, -0.05) is 53.2 Å². The van der Waals surface area contributed by atoms with Crippen LogP contribution in [0.2, 0.25) is 0 Å². The number of nitrogens with zero attached hydrogens (tertiary/aromatic N) is 4. The van der Waals surface area contributed by atoms with Gasteiger partial charge in [0.25, 0.3) is 0 Å². The second-order valence-corrected chi connectivity index (χ2v) is 10.7. The highest BCUT2D eigenvalue weighted by molar-refractivity contribution is 6.27. The van der Waals surface area contributed by atoms with E-state index >= 15 is 0 Å². The molecule has 1 aliphatic rings. The van der Waals surface area contributed by atoms with Crippen LogP contribution in [0.15, 0.2) is 146 Å². The Labute approximate surface area is 249 Å². The van der Waals surface area contributed by atoms with Crippen molar-refractivity contribution < 1.29 is 0 Å². The molecule has 7 aromatic rings. The maximum atomic E-state index is 4.63. The third kappa shape index (κ3) is 4.82. The van der Waals surface area contributed by atoms with Gasteiger partial charge in [-0.2, -0.15) is 0 Å². The molecular formula is C39H25N4+. The van der Waals surface area contributed by atoms with Crippen LogP contribution < -0.4 is 4.67 Å². The number of allylic oxidation sites excluding steroid dienone is 2. The van der Waals surface area contributed by atoms with Crippen molar-refractivity contribution >= 4 is 39.0 Å². The lowest BCUT2D eigenvalue weighted by molar-refractivity contribution is 1.30. The van der Waals surface area contributed by atoms with Gasteiger partial charge in [-0.25, -0.2) is 0 Å². The average molecular weight is 550 g/mol. The average Bonchev–Trinajstić information content (AvgIpc) is 3.59. The van der Waals surface area contributed by atoms with Crippen LogP contribution in [-0.2, 0) is 0 Å². The summed E-state index contributed by atoms with van der Waals surface area (Å²) in [7, 11) is 0. The summed E-state index contributed by atoms with van der Waals surface area (Å²) < 4.78 is 4.63. The third-order valence-corrected chi connectivity index (χ3v) is 8.04. The summed E-state index contributed by atoms with van der Waals surface area (Å²) >= 11 is 0. The minimum atomic E-state index is 0.964. The number of benzene rings is 4. The van der Waals surface area contributed by atoms with Crippen molar-refractivity contribution in [3.05, 3.63) is 158 Å². The minimum absolute atomic E-state index is 0.964. The second kappa shape index (κ2) is 10.5. The van der Waals surface area contributed by atoms with Crippen molar-refractivity contribution in [3.8, 4) is 33.4 Å². The van der Waals surface area contributed by atoms with Crippen LogP contribution in [0, 0.1) is 0 Å². The Kier molecular flexibility index (Phi) is 6.03. The number of fused-ring (bicyclic) bond motifs is 2. The van der Waals surface area contributed by atoms with Gasteiger partial charge in [0.15, 0.2) is 0 Å². The van der Waals surface area contributed by atoms with Gasteiger partial charge in [0.1, 0.15) is 0 Å². The summed E-state index contributed by atoms with van der Waals surface area (Å²) in [5, 5.41) is 4.84. The molecule has 0 saturated carbocycles. The molecule has 0 spiro atoms. The fraction of sp³-hybridized carbons (Fsp3) is 0. The Bertz CT molecular complexity index is 2260. The van der Waals surface area contributed by atoms with E-state index < -0.39 is 0 Å². The summed E-state index contributed by atoms with van der Waals surface area (Å²) in [5.41, 5.74) is 11.2. The molecule has 4 heterocycles. The molecule has 200 valence electrons. The van der Waals surface area contributed by atoms with Crippen LogP contribution in [0.1, 0.15) is 11.1 Å². The first-order valence-electron chi connectivity index (χ1n) is 14.2. The van der Waals surface area contributed by atoms with Crippen LogP contribution in [-0.4, -0.2) is 26.9 Å². The Morgan fingerprint density at radius 2 is 0.837 bits per heavy atom. The molecule has 43 heavy (non-hydrogen) atoms. The Morgan fingerprint density at radius 3 is 1.42 bits per heavy atom. The topological polar surface area (TPSA) is 52.8 Å². The summed E-state index contributed by atoms with van der Waals surface area (Å²) in [5.74, 6) is 0. The summed E-state index contributed by atoms with van der Waals surface area (Å²) in [6.07, 6.45) is 15.1.